The number of ether oxygens (including phenoxy) is 1. The van der Waals surface area contributed by atoms with Gasteiger partial charge in [0.25, 0.3) is 5.91 Å². The summed E-state index contributed by atoms with van der Waals surface area (Å²) in [6, 6.07) is 21.4. The van der Waals surface area contributed by atoms with Crippen molar-refractivity contribution >= 4 is 23.1 Å². The third kappa shape index (κ3) is 4.73. The molecular formula is C22H20N2O3. The highest BCUT2D eigenvalue weighted by Gasteiger charge is 2.09. The lowest BCUT2D eigenvalue weighted by atomic mass is 10.1. The molecule has 0 aliphatic rings. The quantitative estimate of drug-likeness (QED) is 0.609. The lowest BCUT2D eigenvalue weighted by molar-refractivity contribution is 0.101. The molecule has 0 bridgehead atoms. The van der Waals surface area contributed by atoms with Crippen molar-refractivity contribution in [2.24, 2.45) is 0 Å². The molecular weight excluding hydrogens is 340 g/mol. The molecule has 0 radical (unpaired) electrons. The van der Waals surface area contributed by atoms with E-state index in [1.54, 1.807) is 48.5 Å². The Bertz CT molecular complexity index is 948. The van der Waals surface area contributed by atoms with Gasteiger partial charge in [-0.1, -0.05) is 12.1 Å². The van der Waals surface area contributed by atoms with Crippen LogP contribution in [0.4, 0.5) is 11.4 Å². The van der Waals surface area contributed by atoms with E-state index >= 15 is 0 Å². The van der Waals surface area contributed by atoms with Crippen LogP contribution in [0.2, 0.25) is 0 Å². The number of rotatable bonds is 6. The van der Waals surface area contributed by atoms with Gasteiger partial charge in [0, 0.05) is 29.5 Å². The molecule has 0 saturated heterocycles. The smallest absolute Gasteiger partial charge is 0.255 e. The number of hydrogen-bond donors (Lipinski definition) is 2. The number of amides is 1. The number of anilines is 2. The summed E-state index contributed by atoms with van der Waals surface area (Å²) in [6.07, 6.45) is 0. The fraction of sp³-hybridized carbons (Fsp3) is 0.0909. The zero-order chi connectivity index (χ0) is 19.2. The second-order valence-corrected chi connectivity index (χ2v) is 5.99. The van der Waals surface area contributed by atoms with Crippen molar-refractivity contribution < 1.29 is 14.3 Å². The Hall–Kier alpha value is -3.60. The van der Waals surface area contributed by atoms with Crippen LogP contribution in [0.1, 0.15) is 27.6 Å². The molecule has 0 aliphatic carbocycles. The van der Waals surface area contributed by atoms with Gasteiger partial charge in [-0.2, -0.15) is 0 Å². The van der Waals surface area contributed by atoms with Crippen LogP contribution < -0.4 is 15.4 Å². The molecule has 0 aromatic heterocycles. The SMILES string of the molecule is CNc1ccc(Oc2ccc(NC(=O)c3cccc(C(C)=O)c3)cc2)cc1. The van der Waals surface area contributed by atoms with Crippen molar-refractivity contribution in [3.05, 3.63) is 83.9 Å². The monoisotopic (exact) mass is 360 g/mol. The van der Waals surface area contributed by atoms with Gasteiger partial charge in [-0.15, -0.1) is 0 Å². The van der Waals surface area contributed by atoms with Gasteiger partial charge < -0.3 is 15.4 Å². The van der Waals surface area contributed by atoms with E-state index in [4.69, 9.17) is 4.74 Å². The minimum atomic E-state index is -0.269. The zero-order valence-corrected chi connectivity index (χ0v) is 15.2. The summed E-state index contributed by atoms with van der Waals surface area (Å²) >= 11 is 0. The van der Waals surface area contributed by atoms with Crippen LogP contribution in [0.3, 0.4) is 0 Å². The third-order valence-electron chi connectivity index (χ3n) is 4.02. The molecule has 0 unspecified atom stereocenters. The van der Waals surface area contributed by atoms with E-state index < -0.39 is 0 Å². The summed E-state index contributed by atoms with van der Waals surface area (Å²) in [7, 11) is 1.86. The first-order valence-electron chi connectivity index (χ1n) is 8.53. The van der Waals surface area contributed by atoms with Gasteiger partial charge >= 0.3 is 0 Å². The van der Waals surface area contributed by atoms with Crippen molar-refractivity contribution in [1.29, 1.82) is 0 Å². The van der Waals surface area contributed by atoms with Crippen molar-refractivity contribution in [1.82, 2.24) is 0 Å². The highest BCUT2D eigenvalue weighted by atomic mass is 16.5. The Labute approximate surface area is 158 Å². The average Bonchev–Trinajstić information content (AvgIpc) is 2.70. The van der Waals surface area contributed by atoms with E-state index in [1.165, 1.54) is 6.92 Å². The van der Waals surface area contributed by atoms with Gasteiger partial charge in [-0.25, -0.2) is 0 Å². The first-order chi connectivity index (χ1) is 13.0. The van der Waals surface area contributed by atoms with Crippen LogP contribution in [0, 0.1) is 0 Å². The van der Waals surface area contributed by atoms with Crippen LogP contribution in [-0.2, 0) is 0 Å². The van der Waals surface area contributed by atoms with Gasteiger partial charge in [0.05, 0.1) is 0 Å². The summed E-state index contributed by atoms with van der Waals surface area (Å²) < 4.78 is 5.79. The van der Waals surface area contributed by atoms with Gasteiger partial charge in [0.1, 0.15) is 11.5 Å². The largest absolute Gasteiger partial charge is 0.457 e. The first kappa shape index (κ1) is 18.2. The lowest BCUT2D eigenvalue weighted by Crippen LogP contribution is -2.12. The highest BCUT2D eigenvalue weighted by molar-refractivity contribution is 6.06. The number of carbonyl (C=O) groups is 2. The highest BCUT2D eigenvalue weighted by Crippen LogP contribution is 2.24. The molecule has 0 saturated carbocycles. The molecule has 2 N–H and O–H groups in total. The molecule has 136 valence electrons. The maximum absolute atomic E-state index is 12.4. The lowest BCUT2D eigenvalue weighted by Gasteiger charge is -2.09. The predicted molar refractivity (Wildman–Crippen MR) is 107 cm³/mol. The van der Waals surface area contributed by atoms with Gasteiger partial charge in [-0.3, -0.25) is 9.59 Å². The molecule has 0 spiro atoms. The Morgan fingerprint density at radius 3 is 1.89 bits per heavy atom. The number of carbonyl (C=O) groups excluding carboxylic acids is 2. The van der Waals surface area contributed by atoms with Crippen LogP contribution in [0.5, 0.6) is 11.5 Å². The molecule has 0 fully saturated rings. The maximum Gasteiger partial charge on any atom is 0.255 e. The number of hydrogen-bond acceptors (Lipinski definition) is 4. The normalized spacial score (nSPS) is 10.1. The van der Waals surface area contributed by atoms with E-state index in [1.807, 2.05) is 31.3 Å². The number of ketones is 1. The van der Waals surface area contributed by atoms with Crippen LogP contribution >= 0.6 is 0 Å². The molecule has 0 aliphatic heterocycles. The fourth-order valence-corrected chi connectivity index (χ4v) is 2.51. The van der Waals surface area contributed by atoms with Crippen LogP contribution in [0.15, 0.2) is 72.8 Å². The number of Topliss-reactive ketones (excluding diaryl/α,β-unsaturated/α-hetero) is 1. The van der Waals surface area contributed by atoms with Crippen LogP contribution in [0.25, 0.3) is 0 Å². The van der Waals surface area contributed by atoms with Crippen molar-refractivity contribution in [3.63, 3.8) is 0 Å². The molecule has 0 atom stereocenters. The summed E-state index contributed by atoms with van der Waals surface area (Å²) in [4.78, 5) is 23.8. The standard InChI is InChI=1S/C22H20N2O3/c1-15(25)16-4-3-5-17(14-16)22(26)24-19-8-12-21(13-9-19)27-20-10-6-18(23-2)7-11-20/h3-14,23H,1-2H3,(H,24,26). The fourth-order valence-electron chi connectivity index (χ4n) is 2.51. The molecule has 5 heteroatoms. The number of nitrogens with one attached hydrogen (secondary N) is 2. The van der Waals surface area contributed by atoms with E-state index in [9.17, 15) is 9.59 Å². The first-order valence-corrected chi connectivity index (χ1v) is 8.53. The average molecular weight is 360 g/mol. The van der Waals surface area contributed by atoms with Crippen molar-refractivity contribution in [2.45, 2.75) is 6.92 Å². The number of benzene rings is 3. The van der Waals surface area contributed by atoms with Gasteiger partial charge in [-0.05, 0) is 67.6 Å². The molecule has 27 heavy (non-hydrogen) atoms. The topological polar surface area (TPSA) is 67.4 Å². The Morgan fingerprint density at radius 2 is 1.33 bits per heavy atom. The van der Waals surface area contributed by atoms with E-state index in [2.05, 4.69) is 10.6 Å². The van der Waals surface area contributed by atoms with Gasteiger partial charge in [0.2, 0.25) is 0 Å². The Morgan fingerprint density at radius 1 is 0.778 bits per heavy atom. The summed E-state index contributed by atoms with van der Waals surface area (Å²) in [5.41, 5.74) is 2.60. The molecule has 3 aromatic rings. The Balaban J connectivity index is 1.65. The van der Waals surface area contributed by atoms with Crippen molar-refractivity contribution in [3.8, 4) is 11.5 Å². The molecule has 3 rings (SSSR count). The summed E-state index contributed by atoms with van der Waals surface area (Å²) in [6.45, 7) is 1.47. The summed E-state index contributed by atoms with van der Waals surface area (Å²) in [5, 5.41) is 5.87. The maximum atomic E-state index is 12.4. The van der Waals surface area contributed by atoms with Gasteiger partial charge in [0.15, 0.2) is 5.78 Å². The molecule has 5 nitrogen and oxygen atoms in total. The predicted octanol–water partition coefficient (Wildman–Crippen LogP) is 4.98. The van der Waals surface area contributed by atoms with Crippen LogP contribution in [-0.4, -0.2) is 18.7 Å². The second-order valence-electron chi connectivity index (χ2n) is 5.99. The van der Waals surface area contributed by atoms with E-state index in [-0.39, 0.29) is 11.7 Å². The minimum absolute atomic E-state index is 0.0751. The Kier molecular flexibility index (Phi) is 5.52. The molecule has 0 heterocycles. The molecule has 1 amide bonds. The van der Waals surface area contributed by atoms with E-state index in [0.29, 0.717) is 22.6 Å². The summed E-state index contributed by atoms with van der Waals surface area (Å²) in [5.74, 6) is 1.05. The van der Waals surface area contributed by atoms with Crippen molar-refractivity contribution in [2.75, 3.05) is 17.7 Å². The third-order valence-corrected chi connectivity index (χ3v) is 4.02. The zero-order valence-electron chi connectivity index (χ0n) is 15.2. The minimum Gasteiger partial charge on any atom is -0.457 e. The second kappa shape index (κ2) is 8.19. The van der Waals surface area contributed by atoms with E-state index in [0.717, 1.165) is 11.4 Å². The molecule has 3 aromatic carbocycles.